The highest BCUT2D eigenvalue weighted by Crippen LogP contribution is 1.98. The third-order valence-corrected chi connectivity index (χ3v) is 1.90. The molecule has 0 atom stereocenters. The molecule has 0 aliphatic rings. The van der Waals surface area contributed by atoms with Gasteiger partial charge in [-0.15, -0.1) is 6.58 Å². The van der Waals surface area contributed by atoms with Crippen LogP contribution in [0.3, 0.4) is 0 Å². The zero-order valence-corrected chi connectivity index (χ0v) is 8.57. The lowest BCUT2D eigenvalue weighted by atomic mass is 10.4. The van der Waals surface area contributed by atoms with Crippen LogP contribution in [-0.2, 0) is 17.8 Å². The molecule has 0 bridgehead atoms. The molecule has 1 heterocycles. The maximum absolute atomic E-state index is 4.94. The Morgan fingerprint density at radius 3 is 3.29 bits per heavy atom. The molecule has 0 saturated heterocycles. The van der Waals surface area contributed by atoms with Gasteiger partial charge in [0.25, 0.3) is 0 Å². The number of methoxy groups -OCH3 is 1. The van der Waals surface area contributed by atoms with Gasteiger partial charge in [0.1, 0.15) is 0 Å². The van der Waals surface area contributed by atoms with Gasteiger partial charge >= 0.3 is 0 Å². The highest BCUT2D eigenvalue weighted by Gasteiger charge is 1.99. The van der Waals surface area contributed by atoms with E-state index >= 15 is 0 Å². The second-order valence-corrected chi connectivity index (χ2v) is 2.96. The van der Waals surface area contributed by atoms with E-state index in [-0.39, 0.29) is 0 Å². The van der Waals surface area contributed by atoms with Gasteiger partial charge in [0.15, 0.2) is 0 Å². The lowest BCUT2D eigenvalue weighted by molar-refractivity contribution is 0.199. The van der Waals surface area contributed by atoms with Crippen molar-refractivity contribution in [3.63, 3.8) is 0 Å². The molecule has 0 spiro atoms. The molecule has 14 heavy (non-hydrogen) atoms. The number of rotatable bonds is 7. The van der Waals surface area contributed by atoms with Crippen molar-refractivity contribution in [3.05, 3.63) is 30.6 Å². The summed E-state index contributed by atoms with van der Waals surface area (Å²) in [5.41, 5.74) is 1.17. The summed E-state index contributed by atoms with van der Waals surface area (Å²) < 4.78 is 6.86. The van der Waals surface area contributed by atoms with E-state index in [1.807, 2.05) is 16.8 Å². The van der Waals surface area contributed by atoms with Crippen molar-refractivity contribution in [2.24, 2.45) is 0 Å². The number of allylic oxidation sites excluding steroid dienone is 1. The summed E-state index contributed by atoms with van der Waals surface area (Å²) in [7, 11) is 1.70. The largest absolute Gasteiger partial charge is 0.383 e. The maximum atomic E-state index is 4.94. The quantitative estimate of drug-likeness (QED) is 0.517. The van der Waals surface area contributed by atoms with Gasteiger partial charge in [0, 0.05) is 26.4 Å². The fourth-order valence-corrected chi connectivity index (χ4v) is 1.19. The standard InChI is InChI=1S/C10H17N3O/c1-3-7-13-10(4-5-12-13)9-11-6-8-14-2/h3-5,11H,1,6-9H2,2H3. The summed E-state index contributed by atoms with van der Waals surface area (Å²) in [6, 6.07) is 2.00. The van der Waals surface area contributed by atoms with Crippen LogP contribution in [0.15, 0.2) is 24.9 Å². The molecule has 0 amide bonds. The van der Waals surface area contributed by atoms with E-state index in [0.29, 0.717) is 0 Å². The molecular formula is C10H17N3O. The van der Waals surface area contributed by atoms with Gasteiger partial charge in [-0.05, 0) is 6.07 Å². The molecular weight excluding hydrogens is 178 g/mol. The molecule has 1 aromatic rings. The Hall–Kier alpha value is -1.13. The molecule has 0 aliphatic carbocycles. The first-order valence-electron chi connectivity index (χ1n) is 4.69. The summed E-state index contributed by atoms with van der Waals surface area (Å²) in [5, 5.41) is 7.45. The van der Waals surface area contributed by atoms with Crippen LogP contribution < -0.4 is 5.32 Å². The zero-order valence-electron chi connectivity index (χ0n) is 8.57. The van der Waals surface area contributed by atoms with Gasteiger partial charge in [-0.2, -0.15) is 5.10 Å². The van der Waals surface area contributed by atoms with Gasteiger partial charge in [-0.3, -0.25) is 4.68 Å². The van der Waals surface area contributed by atoms with Crippen LogP contribution in [0.5, 0.6) is 0 Å². The van der Waals surface area contributed by atoms with Gasteiger partial charge in [-0.25, -0.2) is 0 Å². The second-order valence-electron chi connectivity index (χ2n) is 2.96. The number of hydrogen-bond acceptors (Lipinski definition) is 3. The Balaban J connectivity index is 2.33. The van der Waals surface area contributed by atoms with Crippen molar-refractivity contribution in [1.82, 2.24) is 15.1 Å². The van der Waals surface area contributed by atoms with Crippen LogP contribution in [-0.4, -0.2) is 30.0 Å². The topological polar surface area (TPSA) is 39.1 Å². The summed E-state index contributed by atoms with van der Waals surface area (Å²) in [4.78, 5) is 0. The maximum Gasteiger partial charge on any atom is 0.0591 e. The Bertz CT molecular complexity index is 270. The number of nitrogens with one attached hydrogen (secondary N) is 1. The SMILES string of the molecule is C=CCn1nccc1CNCCOC. The summed E-state index contributed by atoms with van der Waals surface area (Å²) in [6.07, 6.45) is 3.64. The molecule has 0 aromatic carbocycles. The lowest BCUT2D eigenvalue weighted by Crippen LogP contribution is -2.20. The minimum absolute atomic E-state index is 0.732. The van der Waals surface area contributed by atoms with Crippen molar-refractivity contribution in [2.45, 2.75) is 13.1 Å². The first-order chi connectivity index (χ1) is 6.88. The smallest absolute Gasteiger partial charge is 0.0591 e. The first kappa shape index (κ1) is 10.9. The van der Waals surface area contributed by atoms with Crippen molar-refractivity contribution < 1.29 is 4.74 Å². The molecule has 1 rings (SSSR count). The minimum atomic E-state index is 0.732. The average molecular weight is 195 g/mol. The second kappa shape index (κ2) is 6.34. The number of nitrogens with zero attached hydrogens (tertiary/aromatic N) is 2. The van der Waals surface area contributed by atoms with Crippen molar-refractivity contribution >= 4 is 0 Å². The molecule has 0 aliphatic heterocycles. The van der Waals surface area contributed by atoms with E-state index in [0.717, 1.165) is 26.2 Å². The minimum Gasteiger partial charge on any atom is -0.383 e. The van der Waals surface area contributed by atoms with Gasteiger partial charge < -0.3 is 10.1 Å². The number of hydrogen-bond donors (Lipinski definition) is 1. The number of ether oxygens (including phenoxy) is 1. The predicted molar refractivity (Wildman–Crippen MR) is 56.0 cm³/mol. The van der Waals surface area contributed by atoms with Crippen LogP contribution in [0.2, 0.25) is 0 Å². The highest BCUT2D eigenvalue weighted by molar-refractivity contribution is 5.00. The molecule has 4 heteroatoms. The summed E-state index contributed by atoms with van der Waals surface area (Å²) >= 11 is 0. The van der Waals surface area contributed by atoms with Crippen LogP contribution >= 0.6 is 0 Å². The Morgan fingerprint density at radius 2 is 2.57 bits per heavy atom. The molecule has 1 N–H and O–H groups in total. The fraction of sp³-hybridized carbons (Fsp3) is 0.500. The monoisotopic (exact) mass is 195 g/mol. The summed E-state index contributed by atoms with van der Waals surface area (Å²) in [6.45, 7) is 6.85. The van der Waals surface area contributed by atoms with Crippen LogP contribution in [0.1, 0.15) is 5.69 Å². The van der Waals surface area contributed by atoms with E-state index in [1.54, 1.807) is 13.3 Å². The Morgan fingerprint density at radius 1 is 1.71 bits per heavy atom. The van der Waals surface area contributed by atoms with Gasteiger partial charge in [-0.1, -0.05) is 6.08 Å². The van der Waals surface area contributed by atoms with E-state index in [4.69, 9.17) is 4.74 Å². The van der Waals surface area contributed by atoms with Crippen LogP contribution in [0, 0.1) is 0 Å². The van der Waals surface area contributed by atoms with Crippen LogP contribution in [0.25, 0.3) is 0 Å². The molecule has 0 fully saturated rings. The highest BCUT2D eigenvalue weighted by atomic mass is 16.5. The normalized spacial score (nSPS) is 10.4. The van der Waals surface area contributed by atoms with Crippen LogP contribution in [0.4, 0.5) is 0 Å². The lowest BCUT2D eigenvalue weighted by Gasteiger charge is -2.06. The molecule has 0 radical (unpaired) electrons. The number of aromatic nitrogens is 2. The van der Waals surface area contributed by atoms with E-state index in [1.165, 1.54) is 5.69 Å². The third-order valence-electron chi connectivity index (χ3n) is 1.90. The average Bonchev–Trinajstić information content (AvgIpc) is 2.61. The zero-order chi connectivity index (χ0) is 10.2. The van der Waals surface area contributed by atoms with E-state index in [9.17, 15) is 0 Å². The Labute approximate surface area is 84.6 Å². The van der Waals surface area contributed by atoms with Crippen molar-refractivity contribution in [1.29, 1.82) is 0 Å². The predicted octanol–water partition coefficient (Wildman–Crippen LogP) is 0.805. The molecule has 4 nitrogen and oxygen atoms in total. The molecule has 78 valence electrons. The Kier molecular flexibility index (Phi) is 4.96. The fourth-order valence-electron chi connectivity index (χ4n) is 1.19. The van der Waals surface area contributed by atoms with Crippen molar-refractivity contribution in [2.75, 3.05) is 20.3 Å². The van der Waals surface area contributed by atoms with Gasteiger partial charge in [0.2, 0.25) is 0 Å². The molecule has 1 aromatic heterocycles. The van der Waals surface area contributed by atoms with Crippen molar-refractivity contribution in [3.8, 4) is 0 Å². The first-order valence-corrected chi connectivity index (χ1v) is 4.69. The molecule has 0 unspecified atom stereocenters. The molecule has 0 saturated carbocycles. The van der Waals surface area contributed by atoms with Gasteiger partial charge in [0.05, 0.1) is 18.8 Å². The van der Waals surface area contributed by atoms with E-state index < -0.39 is 0 Å². The van der Waals surface area contributed by atoms with E-state index in [2.05, 4.69) is 17.0 Å². The third kappa shape index (κ3) is 3.32. The summed E-state index contributed by atoms with van der Waals surface area (Å²) in [5.74, 6) is 0.